The lowest BCUT2D eigenvalue weighted by Gasteiger charge is -2.42. The second-order valence-corrected chi connectivity index (χ2v) is 4.23. The number of amides is 1. The molecule has 5 nitrogen and oxygen atoms in total. The van der Waals surface area contributed by atoms with Crippen LogP contribution in [0.15, 0.2) is 0 Å². The highest BCUT2D eigenvalue weighted by Gasteiger charge is 2.44. The largest absolute Gasteiger partial charge is 0.377 e. The number of carbonyl (C=O) groups excluding carboxylic acids is 1. The van der Waals surface area contributed by atoms with Crippen LogP contribution in [0.1, 0.15) is 0 Å². The highest BCUT2D eigenvalue weighted by atomic mass is 16.3. The van der Waals surface area contributed by atoms with Crippen LogP contribution in [0, 0.1) is 0 Å². The van der Waals surface area contributed by atoms with Crippen LogP contribution in [-0.2, 0) is 4.79 Å². The maximum Gasteiger partial charge on any atom is 0.257 e. The van der Waals surface area contributed by atoms with Crippen LogP contribution in [0.5, 0.6) is 0 Å². The molecule has 0 aromatic heterocycles. The molecular formula is C9H17N3O2. The van der Waals surface area contributed by atoms with Crippen LogP contribution in [-0.4, -0.2) is 72.7 Å². The van der Waals surface area contributed by atoms with Crippen LogP contribution in [0.25, 0.3) is 0 Å². The van der Waals surface area contributed by atoms with Crippen LogP contribution in [0.2, 0.25) is 0 Å². The lowest BCUT2D eigenvalue weighted by Crippen LogP contribution is -2.69. The molecule has 0 spiro atoms. The van der Waals surface area contributed by atoms with E-state index in [2.05, 4.69) is 10.2 Å². The van der Waals surface area contributed by atoms with Gasteiger partial charge in [0.2, 0.25) is 0 Å². The molecule has 0 bridgehead atoms. The summed E-state index contributed by atoms with van der Waals surface area (Å²) in [5.74, 6) is -0.107. The Balaban J connectivity index is 1.92. The summed E-state index contributed by atoms with van der Waals surface area (Å²) < 4.78 is 0. The van der Waals surface area contributed by atoms with Crippen LogP contribution in [0.3, 0.4) is 0 Å². The summed E-state index contributed by atoms with van der Waals surface area (Å²) in [7, 11) is 2.04. The Bertz CT molecular complexity index is 232. The van der Waals surface area contributed by atoms with Crippen molar-refractivity contribution in [2.75, 3.05) is 46.3 Å². The molecule has 2 N–H and O–H groups in total. The van der Waals surface area contributed by atoms with E-state index in [1.807, 2.05) is 7.05 Å². The Morgan fingerprint density at radius 3 is 2.29 bits per heavy atom. The molecule has 0 saturated carbocycles. The van der Waals surface area contributed by atoms with E-state index in [4.69, 9.17) is 0 Å². The third-order valence-electron chi connectivity index (χ3n) is 3.02. The first kappa shape index (κ1) is 9.89. The Hall–Kier alpha value is -0.650. The molecule has 80 valence electrons. The summed E-state index contributed by atoms with van der Waals surface area (Å²) in [4.78, 5) is 15.8. The molecule has 0 radical (unpaired) electrons. The number of carbonyl (C=O) groups is 1. The highest BCUT2D eigenvalue weighted by molar-refractivity contribution is 5.86. The molecule has 2 saturated heterocycles. The van der Waals surface area contributed by atoms with Crippen molar-refractivity contribution >= 4 is 5.91 Å². The molecule has 2 fully saturated rings. The van der Waals surface area contributed by atoms with E-state index < -0.39 is 5.60 Å². The van der Waals surface area contributed by atoms with Gasteiger partial charge in [0, 0.05) is 39.3 Å². The van der Waals surface area contributed by atoms with Gasteiger partial charge in [-0.2, -0.15) is 0 Å². The van der Waals surface area contributed by atoms with Gasteiger partial charge in [-0.15, -0.1) is 0 Å². The molecule has 1 amide bonds. The van der Waals surface area contributed by atoms with E-state index in [9.17, 15) is 9.90 Å². The van der Waals surface area contributed by atoms with Crippen molar-refractivity contribution in [2.24, 2.45) is 0 Å². The second-order valence-electron chi connectivity index (χ2n) is 4.23. The SMILES string of the molecule is CN1CCN(C(=O)C2(O)CNC2)CC1. The summed E-state index contributed by atoms with van der Waals surface area (Å²) in [6.07, 6.45) is 0. The Labute approximate surface area is 83.7 Å². The van der Waals surface area contributed by atoms with Crippen LogP contribution in [0.4, 0.5) is 0 Å². The lowest BCUT2D eigenvalue weighted by molar-refractivity contribution is -0.158. The van der Waals surface area contributed by atoms with Gasteiger partial charge in [-0.25, -0.2) is 0 Å². The topological polar surface area (TPSA) is 55.8 Å². The van der Waals surface area contributed by atoms with E-state index in [1.54, 1.807) is 4.90 Å². The Kier molecular flexibility index (Phi) is 2.47. The number of hydrogen-bond donors (Lipinski definition) is 2. The van der Waals surface area contributed by atoms with Crippen LogP contribution >= 0.6 is 0 Å². The number of β-amino-alcohol motifs (C(OH)–C–C–N with tert-alkyl or cyclic N) is 1. The minimum absolute atomic E-state index is 0.107. The van der Waals surface area contributed by atoms with E-state index >= 15 is 0 Å². The fourth-order valence-electron chi connectivity index (χ4n) is 1.82. The minimum Gasteiger partial charge on any atom is -0.377 e. The average molecular weight is 199 g/mol. The molecule has 2 rings (SSSR count). The van der Waals surface area contributed by atoms with Gasteiger partial charge in [0.1, 0.15) is 0 Å². The zero-order valence-corrected chi connectivity index (χ0v) is 8.49. The van der Waals surface area contributed by atoms with Crippen molar-refractivity contribution in [1.82, 2.24) is 15.1 Å². The van der Waals surface area contributed by atoms with Gasteiger partial charge < -0.3 is 20.2 Å². The van der Waals surface area contributed by atoms with E-state index in [1.165, 1.54) is 0 Å². The molecule has 14 heavy (non-hydrogen) atoms. The third kappa shape index (κ3) is 1.63. The van der Waals surface area contributed by atoms with Gasteiger partial charge in [-0.05, 0) is 7.05 Å². The normalized spacial score (nSPS) is 27.1. The van der Waals surface area contributed by atoms with E-state index in [0.29, 0.717) is 13.1 Å². The number of nitrogens with one attached hydrogen (secondary N) is 1. The first-order valence-electron chi connectivity index (χ1n) is 5.03. The molecule has 2 aliphatic heterocycles. The number of hydrogen-bond acceptors (Lipinski definition) is 4. The van der Waals surface area contributed by atoms with Crippen molar-refractivity contribution < 1.29 is 9.90 Å². The minimum atomic E-state index is -1.12. The van der Waals surface area contributed by atoms with Crippen molar-refractivity contribution in [3.05, 3.63) is 0 Å². The summed E-state index contributed by atoms with van der Waals surface area (Å²) >= 11 is 0. The molecule has 0 aromatic carbocycles. The highest BCUT2D eigenvalue weighted by Crippen LogP contribution is 2.15. The summed E-state index contributed by atoms with van der Waals surface area (Å²) in [6, 6.07) is 0. The van der Waals surface area contributed by atoms with E-state index in [0.717, 1.165) is 26.2 Å². The Morgan fingerprint density at radius 2 is 1.86 bits per heavy atom. The predicted molar refractivity (Wildman–Crippen MR) is 51.9 cm³/mol. The summed E-state index contributed by atoms with van der Waals surface area (Å²) in [5, 5.41) is 12.8. The monoisotopic (exact) mass is 199 g/mol. The molecule has 5 heteroatoms. The summed E-state index contributed by atoms with van der Waals surface area (Å²) in [6.45, 7) is 4.07. The maximum atomic E-state index is 11.8. The fraction of sp³-hybridized carbons (Fsp3) is 0.889. The predicted octanol–water partition coefficient (Wildman–Crippen LogP) is -1.91. The van der Waals surface area contributed by atoms with Gasteiger partial charge in [0.15, 0.2) is 5.60 Å². The number of rotatable bonds is 1. The molecule has 2 aliphatic rings. The first-order chi connectivity index (χ1) is 6.62. The van der Waals surface area contributed by atoms with Crippen molar-refractivity contribution in [1.29, 1.82) is 0 Å². The molecular weight excluding hydrogens is 182 g/mol. The van der Waals surface area contributed by atoms with Gasteiger partial charge in [-0.3, -0.25) is 4.79 Å². The number of aliphatic hydroxyl groups is 1. The summed E-state index contributed by atoms with van der Waals surface area (Å²) in [5.41, 5.74) is -1.12. The van der Waals surface area contributed by atoms with Crippen molar-refractivity contribution in [2.45, 2.75) is 5.60 Å². The molecule has 0 aromatic rings. The van der Waals surface area contributed by atoms with Gasteiger partial charge >= 0.3 is 0 Å². The number of nitrogens with zero attached hydrogens (tertiary/aromatic N) is 2. The third-order valence-corrected chi connectivity index (χ3v) is 3.02. The van der Waals surface area contributed by atoms with Crippen molar-refractivity contribution in [3.8, 4) is 0 Å². The number of piperazine rings is 1. The standard InChI is InChI=1S/C9H17N3O2/c1-11-2-4-12(5-3-11)8(13)9(14)6-10-7-9/h10,14H,2-7H2,1H3. The molecule has 0 atom stereocenters. The van der Waals surface area contributed by atoms with Gasteiger partial charge in [-0.1, -0.05) is 0 Å². The average Bonchev–Trinajstić information content (AvgIpc) is 2.14. The molecule has 2 heterocycles. The second kappa shape index (κ2) is 3.49. The smallest absolute Gasteiger partial charge is 0.257 e. The molecule has 0 aliphatic carbocycles. The number of likely N-dealkylation sites (N-methyl/N-ethyl adjacent to an activating group) is 1. The fourth-order valence-corrected chi connectivity index (χ4v) is 1.82. The van der Waals surface area contributed by atoms with Crippen LogP contribution < -0.4 is 5.32 Å². The van der Waals surface area contributed by atoms with Gasteiger partial charge in [0.25, 0.3) is 5.91 Å². The van der Waals surface area contributed by atoms with Gasteiger partial charge in [0.05, 0.1) is 0 Å². The van der Waals surface area contributed by atoms with Crippen molar-refractivity contribution in [3.63, 3.8) is 0 Å². The quantitative estimate of drug-likeness (QED) is 0.518. The maximum absolute atomic E-state index is 11.8. The lowest BCUT2D eigenvalue weighted by atomic mass is 9.95. The Morgan fingerprint density at radius 1 is 1.29 bits per heavy atom. The molecule has 0 unspecified atom stereocenters. The first-order valence-corrected chi connectivity index (χ1v) is 5.03. The zero-order valence-electron chi connectivity index (χ0n) is 8.49. The zero-order chi connectivity index (χ0) is 10.2. The van der Waals surface area contributed by atoms with E-state index in [-0.39, 0.29) is 5.91 Å².